The number of nitrogen functional groups attached to an aromatic ring is 2. The second-order valence-corrected chi connectivity index (χ2v) is 10.3. The molecule has 2 aliphatic rings. The van der Waals surface area contributed by atoms with Crippen LogP contribution in [-0.4, -0.2) is 99.1 Å². The minimum absolute atomic E-state index is 0.0291. The normalized spacial score (nSPS) is 32.5. The van der Waals surface area contributed by atoms with Crippen molar-refractivity contribution < 1.29 is 43.3 Å². The molecule has 0 aliphatic carbocycles. The minimum atomic E-state index is -4.77. The van der Waals surface area contributed by atoms with E-state index in [1.807, 2.05) is 0 Å². The Hall–Kier alpha value is -3.10. The zero-order chi connectivity index (χ0) is 28.1. The van der Waals surface area contributed by atoms with Gasteiger partial charge in [-0.1, -0.05) is 0 Å². The van der Waals surface area contributed by atoms with Gasteiger partial charge in [0.1, 0.15) is 48.2 Å². The number of phosphoric ester groups is 1. The molecule has 5 heterocycles. The van der Waals surface area contributed by atoms with Crippen LogP contribution in [0.1, 0.15) is 12.5 Å². The van der Waals surface area contributed by atoms with Crippen LogP contribution in [0.2, 0.25) is 0 Å². The Bertz CT molecular complexity index is 1450. The molecule has 2 aliphatic heterocycles. The zero-order valence-electron chi connectivity index (χ0n) is 19.9. The van der Waals surface area contributed by atoms with E-state index in [9.17, 15) is 29.6 Å². The minimum Gasteiger partial charge on any atom is -0.387 e. The quantitative estimate of drug-likeness (QED) is 0.129. The molecule has 0 aromatic carbocycles. The smallest absolute Gasteiger partial charge is 0.387 e. The Balaban J connectivity index is 1.18. The summed E-state index contributed by atoms with van der Waals surface area (Å²) in [5.41, 5.74) is 16.9. The van der Waals surface area contributed by atoms with Gasteiger partial charge in [-0.05, 0) is 6.07 Å². The highest BCUT2D eigenvalue weighted by Crippen LogP contribution is 2.45. The van der Waals surface area contributed by atoms with Crippen molar-refractivity contribution in [1.29, 1.82) is 0 Å². The number of phosphoric acid groups is 1. The third kappa shape index (κ3) is 5.24. The van der Waals surface area contributed by atoms with Gasteiger partial charge in [0.2, 0.25) is 0 Å². The van der Waals surface area contributed by atoms with Gasteiger partial charge in [0, 0.05) is 6.20 Å². The second-order valence-electron chi connectivity index (χ2n) is 8.86. The molecule has 39 heavy (non-hydrogen) atoms. The van der Waals surface area contributed by atoms with Gasteiger partial charge >= 0.3 is 13.5 Å². The lowest BCUT2D eigenvalue weighted by atomic mass is 10.1. The number of aromatic nitrogens is 6. The molecule has 20 heteroatoms. The van der Waals surface area contributed by atoms with Crippen LogP contribution in [0.5, 0.6) is 0 Å². The number of rotatable bonds is 8. The molecule has 0 spiro atoms. The maximum Gasteiger partial charge on any atom is 0.472 e. The van der Waals surface area contributed by atoms with Gasteiger partial charge < -0.3 is 46.9 Å². The van der Waals surface area contributed by atoms with E-state index in [2.05, 4.69) is 19.9 Å². The summed E-state index contributed by atoms with van der Waals surface area (Å²) in [7, 11) is -4.77. The van der Waals surface area contributed by atoms with Crippen molar-refractivity contribution in [1.82, 2.24) is 29.1 Å². The van der Waals surface area contributed by atoms with E-state index in [0.717, 1.165) is 4.57 Å². The summed E-state index contributed by atoms with van der Waals surface area (Å²) in [5.74, 6) is 0.0746. The van der Waals surface area contributed by atoms with Gasteiger partial charge in [0.25, 0.3) is 0 Å². The maximum atomic E-state index is 12.5. The molecule has 212 valence electrons. The molecule has 2 saturated heterocycles. The molecule has 3 aromatic heterocycles. The first-order valence-corrected chi connectivity index (χ1v) is 13.0. The van der Waals surface area contributed by atoms with Crippen molar-refractivity contribution in [2.24, 2.45) is 5.73 Å². The van der Waals surface area contributed by atoms with E-state index < -0.39 is 75.7 Å². The first kappa shape index (κ1) is 27.5. The maximum absolute atomic E-state index is 12.5. The molecule has 0 radical (unpaired) electrons. The number of imidazole rings is 1. The summed E-state index contributed by atoms with van der Waals surface area (Å²) in [6.07, 6.45) is -5.37. The number of anilines is 2. The fourth-order valence-electron chi connectivity index (χ4n) is 4.29. The van der Waals surface area contributed by atoms with Gasteiger partial charge in [-0.2, -0.15) is 4.98 Å². The van der Waals surface area contributed by atoms with Gasteiger partial charge in [0.15, 0.2) is 23.9 Å². The van der Waals surface area contributed by atoms with Gasteiger partial charge in [-0.15, -0.1) is 0 Å². The average Bonchev–Trinajstić information content (AvgIpc) is 3.53. The van der Waals surface area contributed by atoms with E-state index in [1.165, 1.54) is 29.5 Å². The third-order valence-electron chi connectivity index (χ3n) is 6.36. The Labute approximate surface area is 218 Å². The lowest BCUT2D eigenvalue weighted by molar-refractivity contribution is -0.0607. The van der Waals surface area contributed by atoms with Gasteiger partial charge in [0.05, 0.1) is 25.6 Å². The number of aliphatic hydroxyl groups is 3. The summed E-state index contributed by atoms with van der Waals surface area (Å²) >= 11 is 0. The lowest BCUT2D eigenvalue weighted by Crippen LogP contribution is -2.42. The van der Waals surface area contributed by atoms with Crippen LogP contribution in [0.15, 0.2) is 29.7 Å². The van der Waals surface area contributed by atoms with Crippen molar-refractivity contribution in [2.45, 2.75) is 49.0 Å². The highest BCUT2D eigenvalue weighted by atomic mass is 31.2. The van der Waals surface area contributed by atoms with Crippen molar-refractivity contribution in [3.05, 3.63) is 35.4 Å². The molecule has 9 atom stereocenters. The zero-order valence-corrected chi connectivity index (χ0v) is 20.8. The van der Waals surface area contributed by atoms with Crippen LogP contribution >= 0.6 is 7.82 Å². The van der Waals surface area contributed by atoms with E-state index >= 15 is 0 Å². The number of nitrogens with zero attached hydrogens (tertiary/aromatic N) is 6. The third-order valence-corrected chi connectivity index (χ3v) is 7.31. The molecule has 0 amide bonds. The number of ether oxygens (including phenoxy) is 2. The molecule has 1 unspecified atom stereocenters. The Morgan fingerprint density at radius 2 is 1.64 bits per heavy atom. The van der Waals surface area contributed by atoms with E-state index in [1.54, 1.807) is 0 Å². The fourth-order valence-corrected chi connectivity index (χ4v) is 5.03. The van der Waals surface area contributed by atoms with E-state index in [4.69, 9.17) is 35.7 Å². The summed E-state index contributed by atoms with van der Waals surface area (Å²) in [6, 6.07) is 0.223. The molecule has 0 bridgehead atoms. The molecule has 0 saturated carbocycles. The number of hydrogen-bond donors (Lipinski definition) is 7. The summed E-state index contributed by atoms with van der Waals surface area (Å²) in [4.78, 5) is 37.7. The number of fused-ring (bicyclic) bond motifs is 1. The van der Waals surface area contributed by atoms with Crippen molar-refractivity contribution >= 4 is 30.6 Å². The summed E-state index contributed by atoms with van der Waals surface area (Å²) < 4.78 is 35.9. The van der Waals surface area contributed by atoms with Gasteiger partial charge in [-0.3, -0.25) is 18.2 Å². The van der Waals surface area contributed by atoms with Crippen LogP contribution in [-0.2, 0) is 23.1 Å². The second kappa shape index (κ2) is 10.5. The van der Waals surface area contributed by atoms with Crippen LogP contribution in [0, 0.1) is 0 Å². The Kier molecular flexibility index (Phi) is 7.37. The lowest BCUT2D eigenvalue weighted by Gasteiger charge is -2.20. The van der Waals surface area contributed by atoms with Crippen LogP contribution < -0.4 is 22.9 Å². The number of nitrogens with two attached hydrogens (primary N) is 3. The average molecular weight is 571 g/mol. The predicted molar refractivity (Wildman–Crippen MR) is 128 cm³/mol. The van der Waals surface area contributed by atoms with Crippen molar-refractivity contribution in [3.63, 3.8) is 0 Å². The highest BCUT2D eigenvalue weighted by molar-refractivity contribution is 7.47. The molecule has 3 aromatic rings. The number of hydrogen-bond acceptors (Lipinski definition) is 16. The van der Waals surface area contributed by atoms with E-state index in [0.29, 0.717) is 0 Å². The van der Waals surface area contributed by atoms with Crippen molar-refractivity contribution in [3.8, 4) is 0 Å². The molecule has 5 rings (SSSR count). The fraction of sp³-hybridized carbons (Fsp3) is 0.526. The topological polar surface area (TPSA) is 291 Å². The van der Waals surface area contributed by atoms with Crippen LogP contribution in [0.25, 0.3) is 11.2 Å². The Morgan fingerprint density at radius 3 is 2.36 bits per heavy atom. The predicted octanol–water partition coefficient (Wildman–Crippen LogP) is -3.41. The monoisotopic (exact) mass is 571 g/mol. The van der Waals surface area contributed by atoms with Crippen LogP contribution in [0.4, 0.5) is 11.6 Å². The first-order valence-electron chi connectivity index (χ1n) is 11.5. The standard InChI is InChI=1S/C19H26N9O10P/c20-9-1-2-27(19(32)26-9)17-13(30)10(21)7(37-17)3-35-39(33,34)36-4-8-12(29)14(31)18(38-8)28-6-25-11-15(22)23-5-24-16(11)28/h1-2,5-8,10,12-14,17-18,29-31H,3-4,21H2,(H,33,34)(H2,20,26,32)(H2,22,23,24)/t7-,8-,10-,12-,13-,14-,17-,18-/m1/s1. The molecule has 2 fully saturated rings. The van der Waals surface area contributed by atoms with Crippen LogP contribution in [0.3, 0.4) is 0 Å². The molecular weight excluding hydrogens is 545 g/mol. The van der Waals surface area contributed by atoms with Crippen molar-refractivity contribution in [2.75, 3.05) is 24.7 Å². The summed E-state index contributed by atoms with van der Waals surface area (Å²) in [6.45, 7) is -1.25. The molecular formula is C19H26N9O10P. The summed E-state index contributed by atoms with van der Waals surface area (Å²) in [5, 5.41) is 31.3. The number of aliphatic hydroxyl groups excluding tert-OH is 3. The molecule has 10 N–H and O–H groups in total. The van der Waals surface area contributed by atoms with E-state index in [-0.39, 0.29) is 22.8 Å². The van der Waals surface area contributed by atoms with Gasteiger partial charge in [-0.25, -0.2) is 24.3 Å². The first-order chi connectivity index (χ1) is 18.5. The Morgan fingerprint density at radius 1 is 0.974 bits per heavy atom. The SMILES string of the molecule is Nc1ccn([C@@H]2O[C@H](COP(=O)(O)OC[C@H]3O[C@@H](n4cnc5c(N)ncnc54)[C@H](O)[C@@H]3O)[C@@H](N)[C@H]2O)c(=O)n1. The molecule has 19 nitrogen and oxygen atoms in total. The highest BCUT2D eigenvalue weighted by Gasteiger charge is 2.46. The largest absolute Gasteiger partial charge is 0.472 e.